The van der Waals surface area contributed by atoms with Crippen LogP contribution in [-0.2, 0) is 4.74 Å². The Morgan fingerprint density at radius 1 is 1.36 bits per heavy atom. The zero-order valence-corrected chi connectivity index (χ0v) is 12.5. The zero-order valence-electron chi connectivity index (χ0n) is 12.5. The molecule has 116 valence electrons. The number of anilines is 1. The van der Waals surface area contributed by atoms with E-state index in [9.17, 15) is 9.59 Å². The summed E-state index contributed by atoms with van der Waals surface area (Å²) in [5.41, 5.74) is 0.666. The standard InChI is InChI=1S/C16H19N3O3/c1-11-5-2-3-7-13(11)19-15(20)9-14(18-16(19)21)17-10-12-6-4-8-22-12/h2-3,5,7,9,12,17H,4,6,8,10H2,1H3,(H,18,21)/t12-/m0/s1. The molecular weight excluding hydrogens is 282 g/mol. The molecule has 0 saturated carbocycles. The summed E-state index contributed by atoms with van der Waals surface area (Å²) >= 11 is 0. The predicted octanol–water partition coefficient (Wildman–Crippen LogP) is 1.43. The Morgan fingerprint density at radius 3 is 2.86 bits per heavy atom. The Kier molecular flexibility index (Phi) is 4.11. The largest absolute Gasteiger partial charge is 0.376 e. The number of nitrogens with zero attached hydrogens (tertiary/aromatic N) is 1. The number of hydrogen-bond donors (Lipinski definition) is 2. The van der Waals surface area contributed by atoms with Gasteiger partial charge in [-0.2, -0.15) is 0 Å². The lowest BCUT2D eigenvalue weighted by Gasteiger charge is -2.13. The van der Waals surface area contributed by atoms with Crippen molar-refractivity contribution in [2.45, 2.75) is 25.9 Å². The first-order chi connectivity index (χ1) is 10.6. The van der Waals surface area contributed by atoms with E-state index >= 15 is 0 Å². The third-order valence-corrected chi connectivity index (χ3v) is 3.83. The van der Waals surface area contributed by atoms with E-state index in [1.165, 1.54) is 6.07 Å². The van der Waals surface area contributed by atoms with E-state index < -0.39 is 5.69 Å². The Bertz CT molecular complexity index is 741. The molecule has 0 bridgehead atoms. The van der Waals surface area contributed by atoms with Crippen molar-refractivity contribution in [3.05, 3.63) is 56.7 Å². The van der Waals surface area contributed by atoms with Gasteiger partial charge < -0.3 is 10.1 Å². The summed E-state index contributed by atoms with van der Waals surface area (Å²) in [5.74, 6) is 0.426. The molecule has 0 amide bonds. The topological polar surface area (TPSA) is 76.1 Å². The number of hydrogen-bond acceptors (Lipinski definition) is 4. The van der Waals surface area contributed by atoms with Crippen LogP contribution in [0.2, 0.25) is 0 Å². The number of ether oxygens (including phenoxy) is 1. The maximum atomic E-state index is 12.3. The van der Waals surface area contributed by atoms with Crippen molar-refractivity contribution in [3.8, 4) is 5.69 Å². The zero-order chi connectivity index (χ0) is 15.5. The van der Waals surface area contributed by atoms with E-state index in [1.807, 2.05) is 19.1 Å². The van der Waals surface area contributed by atoms with E-state index in [1.54, 1.807) is 12.1 Å². The first-order valence-electron chi connectivity index (χ1n) is 7.43. The van der Waals surface area contributed by atoms with Gasteiger partial charge in [-0.25, -0.2) is 9.36 Å². The summed E-state index contributed by atoms with van der Waals surface area (Å²) in [6, 6.07) is 8.70. The lowest BCUT2D eigenvalue weighted by molar-refractivity contribution is 0.120. The highest BCUT2D eigenvalue weighted by atomic mass is 16.5. The number of aryl methyl sites for hydroxylation is 1. The molecule has 6 nitrogen and oxygen atoms in total. The van der Waals surface area contributed by atoms with Crippen LogP contribution in [0.15, 0.2) is 39.9 Å². The number of H-pyrrole nitrogens is 1. The molecular formula is C16H19N3O3. The number of nitrogens with one attached hydrogen (secondary N) is 2. The maximum Gasteiger partial charge on any atom is 0.334 e. The molecule has 3 rings (SSSR count). The van der Waals surface area contributed by atoms with E-state index in [4.69, 9.17) is 4.74 Å². The average molecular weight is 301 g/mol. The predicted molar refractivity (Wildman–Crippen MR) is 84.9 cm³/mol. The SMILES string of the molecule is Cc1ccccc1-n1c(=O)cc(NC[C@@H]2CCCO2)[nH]c1=O. The summed E-state index contributed by atoms with van der Waals surface area (Å²) < 4.78 is 6.65. The summed E-state index contributed by atoms with van der Waals surface area (Å²) in [6.07, 6.45) is 2.19. The van der Waals surface area contributed by atoms with Gasteiger partial charge in [0.05, 0.1) is 11.8 Å². The molecule has 1 fully saturated rings. The van der Waals surface area contributed by atoms with Gasteiger partial charge in [0.1, 0.15) is 5.82 Å². The molecule has 22 heavy (non-hydrogen) atoms. The lowest BCUT2D eigenvalue weighted by Crippen LogP contribution is -2.34. The second-order valence-corrected chi connectivity index (χ2v) is 5.46. The minimum atomic E-state index is -0.448. The van der Waals surface area contributed by atoms with Crippen LogP contribution in [0.3, 0.4) is 0 Å². The van der Waals surface area contributed by atoms with Crippen LogP contribution in [0, 0.1) is 6.92 Å². The smallest absolute Gasteiger partial charge is 0.334 e. The minimum absolute atomic E-state index is 0.141. The van der Waals surface area contributed by atoms with Crippen molar-refractivity contribution in [3.63, 3.8) is 0 Å². The monoisotopic (exact) mass is 301 g/mol. The summed E-state index contributed by atoms with van der Waals surface area (Å²) in [7, 11) is 0. The average Bonchev–Trinajstić information content (AvgIpc) is 3.00. The molecule has 0 spiro atoms. The maximum absolute atomic E-state index is 12.3. The van der Waals surface area contributed by atoms with Gasteiger partial charge in [-0.3, -0.25) is 9.78 Å². The van der Waals surface area contributed by atoms with Crippen molar-refractivity contribution in [2.24, 2.45) is 0 Å². The first kappa shape index (κ1) is 14.6. The van der Waals surface area contributed by atoms with E-state index in [-0.39, 0.29) is 11.7 Å². The number of aromatic amines is 1. The molecule has 2 aromatic rings. The quantitative estimate of drug-likeness (QED) is 0.895. The van der Waals surface area contributed by atoms with Crippen LogP contribution >= 0.6 is 0 Å². The Morgan fingerprint density at radius 2 is 2.18 bits per heavy atom. The number of benzene rings is 1. The van der Waals surface area contributed by atoms with E-state index in [0.717, 1.165) is 29.6 Å². The first-order valence-corrected chi connectivity index (χ1v) is 7.43. The Hall–Kier alpha value is -2.34. The molecule has 0 radical (unpaired) electrons. The molecule has 1 aliphatic heterocycles. The van der Waals surface area contributed by atoms with Crippen molar-refractivity contribution in [1.29, 1.82) is 0 Å². The third-order valence-electron chi connectivity index (χ3n) is 3.83. The summed E-state index contributed by atoms with van der Waals surface area (Å²) in [4.78, 5) is 27.2. The normalized spacial score (nSPS) is 17.6. The fraction of sp³-hybridized carbons (Fsp3) is 0.375. The third kappa shape index (κ3) is 2.96. The van der Waals surface area contributed by atoms with Gasteiger partial charge in [-0.15, -0.1) is 0 Å². The van der Waals surface area contributed by atoms with Gasteiger partial charge in [0.2, 0.25) is 0 Å². The molecule has 2 N–H and O–H groups in total. The highest BCUT2D eigenvalue weighted by Crippen LogP contribution is 2.12. The Balaban J connectivity index is 1.87. The molecule has 1 aromatic heterocycles. The van der Waals surface area contributed by atoms with Crippen LogP contribution in [-0.4, -0.2) is 28.8 Å². The van der Waals surface area contributed by atoms with Crippen LogP contribution in [0.1, 0.15) is 18.4 Å². The fourth-order valence-electron chi connectivity index (χ4n) is 2.66. The molecule has 0 unspecified atom stereocenters. The van der Waals surface area contributed by atoms with Gasteiger partial charge in [0.25, 0.3) is 5.56 Å². The number of aromatic nitrogens is 2. The van der Waals surface area contributed by atoms with Crippen molar-refractivity contribution in [2.75, 3.05) is 18.5 Å². The van der Waals surface area contributed by atoms with Crippen molar-refractivity contribution in [1.82, 2.24) is 9.55 Å². The highest BCUT2D eigenvalue weighted by molar-refractivity contribution is 5.41. The van der Waals surface area contributed by atoms with E-state index in [2.05, 4.69) is 10.3 Å². The molecule has 6 heteroatoms. The summed E-state index contributed by atoms with van der Waals surface area (Å²) in [6.45, 7) is 3.23. The van der Waals surface area contributed by atoms with Gasteiger partial charge in [0.15, 0.2) is 0 Å². The molecule has 1 saturated heterocycles. The second-order valence-electron chi connectivity index (χ2n) is 5.46. The van der Waals surface area contributed by atoms with Gasteiger partial charge in [0, 0.05) is 19.2 Å². The molecule has 0 aliphatic carbocycles. The minimum Gasteiger partial charge on any atom is -0.376 e. The summed E-state index contributed by atoms with van der Waals surface area (Å²) in [5, 5.41) is 3.07. The molecule has 2 heterocycles. The van der Waals surface area contributed by atoms with Gasteiger partial charge >= 0.3 is 5.69 Å². The number of rotatable bonds is 4. The van der Waals surface area contributed by atoms with Gasteiger partial charge in [-0.05, 0) is 31.4 Å². The molecule has 1 aromatic carbocycles. The van der Waals surface area contributed by atoms with Crippen molar-refractivity contribution >= 4 is 5.82 Å². The molecule has 1 atom stereocenters. The van der Waals surface area contributed by atoms with Crippen LogP contribution in [0.25, 0.3) is 5.69 Å². The number of para-hydroxylation sites is 1. The van der Waals surface area contributed by atoms with Gasteiger partial charge in [-0.1, -0.05) is 18.2 Å². The van der Waals surface area contributed by atoms with Crippen LogP contribution in [0.4, 0.5) is 5.82 Å². The fourth-order valence-corrected chi connectivity index (χ4v) is 2.66. The molecule has 1 aliphatic rings. The Labute approximate surface area is 127 Å². The van der Waals surface area contributed by atoms with Crippen LogP contribution < -0.4 is 16.6 Å². The highest BCUT2D eigenvalue weighted by Gasteiger charge is 2.15. The van der Waals surface area contributed by atoms with Crippen molar-refractivity contribution < 1.29 is 4.74 Å². The van der Waals surface area contributed by atoms with Crippen LogP contribution in [0.5, 0.6) is 0 Å². The second kappa shape index (κ2) is 6.19. The van der Waals surface area contributed by atoms with E-state index in [0.29, 0.717) is 18.1 Å². The lowest BCUT2D eigenvalue weighted by atomic mass is 10.2.